The number of halogens is 1. The van der Waals surface area contributed by atoms with Crippen molar-refractivity contribution in [3.63, 3.8) is 0 Å². The number of ether oxygens (including phenoxy) is 3. The van der Waals surface area contributed by atoms with Crippen LogP contribution in [-0.2, 0) is 4.74 Å². The summed E-state index contributed by atoms with van der Waals surface area (Å²) in [5.74, 6) is 0.821. The van der Waals surface area contributed by atoms with E-state index in [4.69, 9.17) is 25.8 Å². The van der Waals surface area contributed by atoms with Crippen molar-refractivity contribution in [3.8, 4) is 28.3 Å². The molecule has 2 aromatic carbocycles. The molecule has 1 N–H and O–H groups in total. The fraction of sp³-hybridized carbons (Fsp3) is 0.182. The Bertz CT molecular complexity index is 1270. The highest BCUT2D eigenvalue weighted by Gasteiger charge is 2.13. The zero-order valence-corrected chi connectivity index (χ0v) is 17.6. The van der Waals surface area contributed by atoms with Crippen LogP contribution >= 0.6 is 11.6 Å². The second-order valence-corrected chi connectivity index (χ2v) is 7.14. The van der Waals surface area contributed by atoms with Gasteiger partial charge in [-0.1, -0.05) is 23.7 Å². The molecule has 0 radical (unpaired) electrons. The SMILES string of the molecule is COc1cc(-n2cnn3cc(-c4ccc(Cl)cc4)cc3c2=O)ccc1OC[C@H](O)OC. The summed E-state index contributed by atoms with van der Waals surface area (Å²) in [4.78, 5) is 13.1. The van der Waals surface area contributed by atoms with Crippen molar-refractivity contribution < 1.29 is 19.3 Å². The van der Waals surface area contributed by atoms with Gasteiger partial charge in [-0.2, -0.15) is 5.10 Å². The van der Waals surface area contributed by atoms with Crippen LogP contribution in [0.2, 0.25) is 5.02 Å². The number of aliphatic hydroxyl groups is 1. The van der Waals surface area contributed by atoms with Gasteiger partial charge >= 0.3 is 0 Å². The third-order valence-electron chi connectivity index (χ3n) is 4.79. The minimum Gasteiger partial charge on any atom is -0.493 e. The molecule has 0 unspecified atom stereocenters. The maximum atomic E-state index is 13.1. The van der Waals surface area contributed by atoms with Gasteiger partial charge in [-0.15, -0.1) is 0 Å². The zero-order valence-electron chi connectivity index (χ0n) is 16.9. The first-order valence-corrected chi connectivity index (χ1v) is 9.76. The normalized spacial score (nSPS) is 12.1. The molecule has 0 saturated heterocycles. The second kappa shape index (κ2) is 8.81. The molecule has 0 aliphatic heterocycles. The van der Waals surface area contributed by atoms with E-state index in [0.717, 1.165) is 11.1 Å². The zero-order chi connectivity index (χ0) is 22.0. The lowest BCUT2D eigenvalue weighted by atomic mass is 10.1. The van der Waals surface area contributed by atoms with Gasteiger partial charge in [0.1, 0.15) is 18.5 Å². The summed E-state index contributed by atoms with van der Waals surface area (Å²) in [7, 11) is 2.87. The highest BCUT2D eigenvalue weighted by atomic mass is 35.5. The van der Waals surface area contributed by atoms with E-state index in [1.54, 1.807) is 47.1 Å². The first-order chi connectivity index (χ1) is 15.0. The first-order valence-electron chi connectivity index (χ1n) is 9.38. The Balaban J connectivity index is 1.70. The van der Waals surface area contributed by atoms with Crippen LogP contribution in [0.5, 0.6) is 11.5 Å². The quantitative estimate of drug-likeness (QED) is 0.443. The summed E-state index contributed by atoms with van der Waals surface area (Å²) < 4.78 is 18.6. The Labute approximate surface area is 182 Å². The second-order valence-electron chi connectivity index (χ2n) is 6.71. The van der Waals surface area contributed by atoms with Gasteiger partial charge in [-0.3, -0.25) is 9.36 Å². The average Bonchev–Trinajstić information content (AvgIpc) is 3.23. The Kier molecular flexibility index (Phi) is 5.94. The predicted molar refractivity (Wildman–Crippen MR) is 116 cm³/mol. The smallest absolute Gasteiger partial charge is 0.282 e. The lowest BCUT2D eigenvalue weighted by molar-refractivity contribution is -0.0970. The minimum atomic E-state index is -1.05. The fourth-order valence-electron chi connectivity index (χ4n) is 3.13. The number of hydrogen-bond donors (Lipinski definition) is 1. The largest absolute Gasteiger partial charge is 0.493 e. The topological polar surface area (TPSA) is 87.2 Å². The van der Waals surface area contributed by atoms with Gasteiger partial charge in [0.2, 0.25) is 0 Å². The number of fused-ring (bicyclic) bond motifs is 1. The Morgan fingerprint density at radius 3 is 2.55 bits per heavy atom. The molecule has 2 heterocycles. The molecule has 1 atom stereocenters. The molecule has 31 heavy (non-hydrogen) atoms. The summed E-state index contributed by atoms with van der Waals surface area (Å²) >= 11 is 5.96. The summed E-state index contributed by atoms with van der Waals surface area (Å²) in [5.41, 5.74) is 2.54. The molecule has 0 saturated carbocycles. The van der Waals surface area contributed by atoms with Crippen LogP contribution in [0.15, 0.2) is 65.8 Å². The van der Waals surface area contributed by atoms with E-state index < -0.39 is 6.29 Å². The van der Waals surface area contributed by atoms with E-state index in [1.165, 1.54) is 25.1 Å². The van der Waals surface area contributed by atoms with Crippen LogP contribution in [0.1, 0.15) is 0 Å². The summed E-state index contributed by atoms with van der Waals surface area (Å²) in [5, 5.41) is 14.5. The lowest BCUT2D eigenvalue weighted by Gasteiger charge is -2.14. The van der Waals surface area contributed by atoms with Crippen molar-refractivity contribution in [2.24, 2.45) is 0 Å². The van der Waals surface area contributed by atoms with E-state index >= 15 is 0 Å². The Morgan fingerprint density at radius 2 is 1.84 bits per heavy atom. The number of aromatic nitrogens is 3. The lowest BCUT2D eigenvalue weighted by Crippen LogP contribution is -2.21. The van der Waals surface area contributed by atoms with Crippen LogP contribution in [0.25, 0.3) is 22.3 Å². The molecule has 160 valence electrons. The Morgan fingerprint density at radius 1 is 1.06 bits per heavy atom. The molecule has 4 aromatic rings. The standard InChI is InChI=1S/C22H20ClN3O5/c1-29-20-10-17(7-8-19(20)31-12-21(27)30-2)25-13-24-26-11-15(9-18(26)22(25)28)14-3-5-16(23)6-4-14/h3-11,13,21,27H,12H2,1-2H3/t21-/m1/s1. The highest BCUT2D eigenvalue weighted by Crippen LogP contribution is 2.29. The minimum absolute atomic E-state index is 0.0582. The molecule has 0 amide bonds. The van der Waals surface area contributed by atoms with Crippen LogP contribution in [0, 0.1) is 0 Å². The number of methoxy groups -OCH3 is 2. The Hall–Kier alpha value is -3.33. The van der Waals surface area contributed by atoms with Crippen LogP contribution < -0.4 is 15.0 Å². The van der Waals surface area contributed by atoms with E-state index in [9.17, 15) is 9.90 Å². The molecule has 0 aliphatic rings. The average molecular weight is 442 g/mol. The molecule has 0 fully saturated rings. The monoisotopic (exact) mass is 441 g/mol. The van der Waals surface area contributed by atoms with Crippen molar-refractivity contribution >= 4 is 17.1 Å². The van der Waals surface area contributed by atoms with Gasteiger partial charge in [-0.25, -0.2) is 4.52 Å². The van der Waals surface area contributed by atoms with Crippen molar-refractivity contribution in [2.75, 3.05) is 20.8 Å². The predicted octanol–water partition coefficient (Wildman–Crippen LogP) is 3.16. The molecule has 0 aliphatic carbocycles. The first kappa shape index (κ1) is 20.9. The summed E-state index contributed by atoms with van der Waals surface area (Å²) in [6.45, 7) is -0.0582. The summed E-state index contributed by atoms with van der Waals surface area (Å²) in [6.07, 6.45) is 2.19. The van der Waals surface area contributed by atoms with Crippen molar-refractivity contribution in [3.05, 3.63) is 76.4 Å². The van der Waals surface area contributed by atoms with Crippen LogP contribution in [-0.4, -0.2) is 46.4 Å². The van der Waals surface area contributed by atoms with E-state index in [2.05, 4.69) is 5.10 Å². The maximum absolute atomic E-state index is 13.1. The van der Waals surface area contributed by atoms with Crippen molar-refractivity contribution in [2.45, 2.75) is 6.29 Å². The van der Waals surface area contributed by atoms with E-state index in [0.29, 0.717) is 27.7 Å². The van der Waals surface area contributed by atoms with Crippen molar-refractivity contribution in [1.82, 2.24) is 14.2 Å². The van der Waals surface area contributed by atoms with Gasteiger partial charge < -0.3 is 19.3 Å². The third-order valence-corrected chi connectivity index (χ3v) is 5.04. The molecule has 9 heteroatoms. The van der Waals surface area contributed by atoms with Gasteiger partial charge in [0.25, 0.3) is 5.56 Å². The van der Waals surface area contributed by atoms with Crippen LogP contribution in [0.4, 0.5) is 0 Å². The number of aliphatic hydroxyl groups excluding tert-OH is 1. The number of nitrogens with zero attached hydrogens (tertiary/aromatic N) is 3. The van der Waals surface area contributed by atoms with Gasteiger partial charge in [0, 0.05) is 30.0 Å². The highest BCUT2D eigenvalue weighted by molar-refractivity contribution is 6.30. The molecule has 2 aromatic heterocycles. The number of hydrogen-bond acceptors (Lipinski definition) is 6. The van der Waals surface area contributed by atoms with Crippen molar-refractivity contribution in [1.29, 1.82) is 0 Å². The number of rotatable bonds is 7. The van der Waals surface area contributed by atoms with Crippen LogP contribution in [0.3, 0.4) is 0 Å². The number of benzene rings is 2. The van der Waals surface area contributed by atoms with E-state index in [-0.39, 0.29) is 12.2 Å². The molecular formula is C22H20ClN3O5. The molecule has 0 spiro atoms. The van der Waals surface area contributed by atoms with Gasteiger partial charge in [0.05, 0.1) is 12.8 Å². The molecule has 8 nitrogen and oxygen atoms in total. The maximum Gasteiger partial charge on any atom is 0.282 e. The molecular weight excluding hydrogens is 422 g/mol. The fourth-order valence-corrected chi connectivity index (χ4v) is 3.25. The summed E-state index contributed by atoms with van der Waals surface area (Å²) in [6, 6.07) is 14.2. The van der Waals surface area contributed by atoms with Gasteiger partial charge in [0.15, 0.2) is 17.8 Å². The van der Waals surface area contributed by atoms with E-state index in [1.807, 2.05) is 12.1 Å². The third kappa shape index (κ3) is 4.27. The van der Waals surface area contributed by atoms with Gasteiger partial charge in [-0.05, 0) is 35.9 Å². The molecule has 0 bridgehead atoms. The molecule has 4 rings (SSSR count).